The fourth-order valence-electron chi connectivity index (χ4n) is 2.33. The summed E-state index contributed by atoms with van der Waals surface area (Å²) in [5.41, 5.74) is 3.93. The number of methoxy groups -OCH3 is 1. The van der Waals surface area contributed by atoms with Gasteiger partial charge in [0, 0.05) is 0 Å². The molecule has 0 spiro atoms. The third-order valence-electron chi connectivity index (χ3n) is 3.42. The van der Waals surface area contributed by atoms with Crippen LogP contribution in [-0.4, -0.2) is 12.2 Å². The molecular weight excluding hydrogens is 260 g/mol. The fraction of sp³-hybridized carbons (Fsp3) is 0.158. The SMILES string of the molecule is C=CCc1cc(-c2ccc(OC)cc2)cc(CC=C)c1O. The fourth-order valence-corrected chi connectivity index (χ4v) is 2.33. The van der Waals surface area contributed by atoms with Crippen LogP contribution in [0.2, 0.25) is 0 Å². The highest BCUT2D eigenvalue weighted by Gasteiger charge is 2.09. The molecule has 0 atom stereocenters. The molecule has 0 aliphatic carbocycles. The summed E-state index contributed by atoms with van der Waals surface area (Å²) >= 11 is 0. The van der Waals surface area contributed by atoms with E-state index in [9.17, 15) is 5.11 Å². The van der Waals surface area contributed by atoms with Gasteiger partial charge in [0.2, 0.25) is 0 Å². The van der Waals surface area contributed by atoms with Crippen LogP contribution >= 0.6 is 0 Å². The van der Waals surface area contributed by atoms with Crippen LogP contribution in [0.15, 0.2) is 61.7 Å². The summed E-state index contributed by atoms with van der Waals surface area (Å²) < 4.78 is 5.18. The molecule has 108 valence electrons. The van der Waals surface area contributed by atoms with Crippen LogP contribution in [0, 0.1) is 0 Å². The van der Waals surface area contributed by atoms with Crippen molar-refractivity contribution in [3.63, 3.8) is 0 Å². The van der Waals surface area contributed by atoms with Crippen LogP contribution < -0.4 is 4.74 Å². The van der Waals surface area contributed by atoms with Crippen LogP contribution in [0.1, 0.15) is 11.1 Å². The maximum atomic E-state index is 10.3. The van der Waals surface area contributed by atoms with Crippen molar-refractivity contribution in [3.8, 4) is 22.6 Å². The van der Waals surface area contributed by atoms with Gasteiger partial charge < -0.3 is 9.84 Å². The Morgan fingerprint density at radius 1 is 0.952 bits per heavy atom. The van der Waals surface area contributed by atoms with E-state index in [2.05, 4.69) is 13.2 Å². The predicted octanol–water partition coefficient (Wildman–Crippen LogP) is 4.52. The van der Waals surface area contributed by atoms with E-state index in [0.717, 1.165) is 28.0 Å². The molecule has 0 aliphatic heterocycles. The Bertz CT molecular complexity index is 608. The Hall–Kier alpha value is -2.48. The number of rotatable bonds is 6. The van der Waals surface area contributed by atoms with Crippen molar-refractivity contribution < 1.29 is 9.84 Å². The van der Waals surface area contributed by atoms with E-state index in [0.29, 0.717) is 18.6 Å². The van der Waals surface area contributed by atoms with Gasteiger partial charge in [-0.1, -0.05) is 24.3 Å². The highest BCUT2D eigenvalue weighted by Crippen LogP contribution is 2.32. The number of phenols is 1. The molecule has 0 aromatic heterocycles. The average Bonchev–Trinajstić information content (AvgIpc) is 2.51. The van der Waals surface area contributed by atoms with Crippen LogP contribution in [0.3, 0.4) is 0 Å². The molecule has 0 saturated carbocycles. The number of hydrogen-bond acceptors (Lipinski definition) is 2. The zero-order valence-corrected chi connectivity index (χ0v) is 12.3. The molecule has 2 aromatic rings. The first kappa shape index (κ1) is 14.9. The normalized spacial score (nSPS) is 10.1. The van der Waals surface area contributed by atoms with Gasteiger partial charge in [0.05, 0.1) is 7.11 Å². The van der Waals surface area contributed by atoms with Crippen LogP contribution in [0.4, 0.5) is 0 Å². The molecule has 2 heteroatoms. The Balaban J connectivity index is 2.50. The molecule has 0 aliphatic rings. The lowest BCUT2D eigenvalue weighted by Gasteiger charge is -2.12. The Morgan fingerprint density at radius 3 is 1.90 bits per heavy atom. The minimum atomic E-state index is 0.340. The second-order valence-electron chi connectivity index (χ2n) is 4.86. The van der Waals surface area contributed by atoms with Crippen LogP contribution in [0.5, 0.6) is 11.5 Å². The number of hydrogen-bond donors (Lipinski definition) is 1. The van der Waals surface area contributed by atoms with Gasteiger partial charge in [-0.25, -0.2) is 0 Å². The molecule has 2 nitrogen and oxygen atoms in total. The van der Waals surface area contributed by atoms with E-state index >= 15 is 0 Å². The summed E-state index contributed by atoms with van der Waals surface area (Å²) in [4.78, 5) is 0. The monoisotopic (exact) mass is 280 g/mol. The van der Waals surface area contributed by atoms with Crippen LogP contribution in [-0.2, 0) is 12.8 Å². The van der Waals surface area contributed by atoms with Gasteiger partial charge in [-0.15, -0.1) is 13.2 Å². The molecule has 0 amide bonds. The van der Waals surface area contributed by atoms with Gasteiger partial charge in [0.1, 0.15) is 11.5 Å². The van der Waals surface area contributed by atoms with Crippen molar-refractivity contribution in [1.29, 1.82) is 0 Å². The predicted molar refractivity (Wildman–Crippen MR) is 87.9 cm³/mol. The van der Waals surface area contributed by atoms with E-state index in [1.807, 2.05) is 36.4 Å². The molecule has 21 heavy (non-hydrogen) atoms. The molecule has 1 N–H and O–H groups in total. The number of aromatic hydroxyl groups is 1. The maximum Gasteiger partial charge on any atom is 0.122 e. The summed E-state index contributed by atoms with van der Waals surface area (Å²) in [6, 6.07) is 11.9. The Labute approximate surface area is 126 Å². The topological polar surface area (TPSA) is 29.5 Å². The average molecular weight is 280 g/mol. The first-order chi connectivity index (χ1) is 10.2. The van der Waals surface area contributed by atoms with Gasteiger partial charge in [0.25, 0.3) is 0 Å². The zero-order chi connectivity index (χ0) is 15.2. The van der Waals surface area contributed by atoms with E-state index in [1.54, 1.807) is 19.3 Å². The molecule has 2 aromatic carbocycles. The van der Waals surface area contributed by atoms with E-state index in [-0.39, 0.29) is 0 Å². The zero-order valence-electron chi connectivity index (χ0n) is 12.3. The Morgan fingerprint density at radius 2 is 1.48 bits per heavy atom. The van der Waals surface area contributed by atoms with Gasteiger partial charge in [0.15, 0.2) is 0 Å². The quantitative estimate of drug-likeness (QED) is 0.788. The van der Waals surface area contributed by atoms with Crippen molar-refractivity contribution in [3.05, 3.63) is 72.8 Å². The molecule has 0 heterocycles. The minimum absolute atomic E-state index is 0.340. The highest BCUT2D eigenvalue weighted by molar-refractivity contribution is 5.68. The van der Waals surface area contributed by atoms with Crippen molar-refractivity contribution in [2.45, 2.75) is 12.8 Å². The second kappa shape index (κ2) is 6.80. The minimum Gasteiger partial charge on any atom is -0.507 e. The van der Waals surface area contributed by atoms with Gasteiger partial charge in [-0.05, 0) is 59.4 Å². The van der Waals surface area contributed by atoms with Crippen molar-refractivity contribution in [2.24, 2.45) is 0 Å². The smallest absolute Gasteiger partial charge is 0.122 e. The van der Waals surface area contributed by atoms with Crippen molar-refractivity contribution in [1.82, 2.24) is 0 Å². The number of benzene rings is 2. The van der Waals surface area contributed by atoms with Crippen molar-refractivity contribution in [2.75, 3.05) is 7.11 Å². The lowest BCUT2D eigenvalue weighted by atomic mass is 9.96. The summed E-state index contributed by atoms with van der Waals surface area (Å²) in [5, 5.41) is 10.3. The second-order valence-corrected chi connectivity index (χ2v) is 4.86. The van der Waals surface area contributed by atoms with Gasteiger partial charge >= 0.3 is 0 Å². The standard InChI is InChI=1S/C19H20O2/c1-4-6-15-12-17(13-16(7-5-2)19(15)20)14-8-10-18(21-3)11-9-14/h4-5,8-13,20H,1-2,6-7H2,3H3. The molecule has 0 unspecified atom stereocenters. The van der Waals surface area contributed by atoms with E-state index in [4.69, 9.17) is 4.74 Å². The third-order valence-corrected chi connectivity index (χ3v) is 3.42. The van der Waals surface area contributed by atoms with Crippen LogP contribution in [0.25, 0.3) is 11.1 Å². The van der Waals surface area contributed by atoms with Crippen molar-refractivity contribution >= 4 is 0 Å². The lowest BCUT2D eigenvalue weighted by molar-refractivity contribution is 0.415. The van der Waals surface area contributed by atoms with Gasteiger partial charge in [-0.3, -0.25) is 0 Å². The Kier molecular flexibility index (Phi) is 4.83. The molecule has 0 saturated heterocycles. The first-order valence-electron chi connectivity index (χ1n) is 6.90. The summed E-state index contributed by atoms with van der Waals surface area (Å²) in [6.07, 6.45) is 4.87. The maximum absolute atomic E-state index is 10.3. The van der Waals surface area contributed by atoms with E-state index in [1.165, 1.54) is 0 Å². The van der Waals surface area contributed by atoms with E-state index < -0.39 is 0 Å². The summed E-state index contributed by atoms with van der Waals surface area (Å²) in [7, 11) is 1.65. The number of phenolic OH excluding ortho intramolecular Hbond substituents is 1. The molecule has 0 bridgehead atoms. The number of ether oxygens (including phenoxy) is 1. The first-order valence-corrected chi connectivity index (χ1v) is 6.90. The summed E-state index contributed by atoms with van der Waals surface area (Å²) in [6.45, 7) is 7.50. The lowest BCUT2D eigenvalue weighted by Crippen LogP contribution is -1.92. The molecule has 2 rings (SSSR count). The largest absolute Gasteiger partial charge is 0.507 e. The molecule has 0 radical (unpaired) electrons. The highest BCUT2D eigenvalue weighted by atomic mass is 16.5. The number of allylic oxidation sites excluding steroid dienone is 2. The molecular formula is C19H20O2. The molecule has 0 fully saturated rings. The summed E-state index contributed by atoms with van der Waals surface area (Å²) in [5.74, 6) is 1.17. The third kappa shape index (κ3) is 3.34. The van der Waals surface area contributed by atoms with Gasteiger partial charge in [-0.2, -0.15) is 0 Å².